The maximum atomic E-state index is 12.0. The number of likely N-dealkylation sites (N-methyl/N-ethyl adjacent to an activating group) is 1. The van der Waals surface area contributed by atoms with Crippen LogP contribution >= 0.6 is 0 Å². The predicted molar refractivity (Wildman–Crippen MR) is 84.3 cm³/mol. The number of unbranched alkanes of at least 4 members (excludes halogenated alkanes) is 2. The summed E-state index contributed by atoms with van der Waals surface area (Å²) in [5.41, 5.74) is 7.59. The number of hydrogen-bond acceptors (Lipinski definition) is 3. The van der Waals surface area contributed by atoms with E-state index in [9.17, 15) is 4.79 Å². The third-order valence-electron chi connectivity index (χ3n) is 3.53. The van der Waals surface area contributed by atoms with Gasteiger partial charge in [0.2, 0.25) is 5.91 Å². The number of nitrogens with zero attached hydrogens (tertiary/aromatic N) is 1. The van der Waals surface area contributed by atoms with E-state index in [1.54, 1.807) is 0 Å². The van der Waals surface area contributed by atoms with Crippen LogP contribution in [0.4, 0.5) is 5.69 Å². The van der Waals surface area contributed by atoms with E-state index in [4.69, 9.17) is 5.73 Å². The molecule has 0 saturated heterocycles. The zero-order valence-corrected chi connectivity index (χ0v) is 12.9. The van der Waals surface area contributed by atoms with Crippen LogP contribution in [0, 0.1) is 0 Å². The van der Waals surface area contributed by atoms with E-state index in [-0.39, 0.29) is 11.9 Å². The number of amides is 1. The number of nitrogen functional groups attached to an aromatic ring is 1. The maximum Gasteiger partial charge on any atom is 0.237 e. The van der Waals surface area contributed by atoms with Crippen LogP contribution in [-0.2, 0) is 11.3 Å². The van der Waals surface area contributed by atoms with Gasteiger partial charge >= 0.3 is 0 Å². The Bertz CT molecular complexity index is 403. The summed E-state index contributed by atoms with van der Waals surface area (Å²) in [7, 11) is 1.96. The zero-order valence-electron chi connectivity index (χ0n) is 12.9. The van der Waals surface area contributed by atoms with Crippen molar-refractivity contribution < 1.29 is 4.79 Å². The molecule has 0 radical (unpaired) electrons. The van der Waals surface area contributed by atoms with Gasteiger partial charge in [-0.1, -0.05) is 31.9 Å². The first kappa shape index (κ1) is 16.5. The molecule has 20 heavy (non-hydrogen) atoms. The Morgan fingerprint density at radius 1 is 1.30 bits per heavy atom. The van der Waals surface area contributed by atoms with Gasteiger partial charge in [-0.05, 0) is 38.1 Å². The Hall–Kier alpha value is -1.55. The summed E-state index contributed by atoms with van der Waals surface area (Å²) in [6.45, 7) is 5.61. The Kier molecular flexibility index (Phi) is 7.09. The minimum atomic E-state index is -0.130. The smallest absolute Gasteiger partial charge is 0.237 e. The first-order chi connectivity index (χ1) is 9.54. The number of anilines is 1. The number of carbonyl (C=O) groups is 1. The molecule has 1 aromatic rings. The Labute approximate surface area is 122 Å². The fourth-order valence-electron chi connectivity index (χ4n) is 1.98. The van der Waals surface area contributed by atoms with Crippen LogP contribution in [0.2, 0.25) is 0 Å². The largest absolute Gasteiger partial charge is 0.399 e. The molecule has 1 aromatic carbocycles. The predicted octanol–water partition coefficient (Wildman–Crippen LogP) is 2.40. The summed E-state index contributed by atoms with van der Waals surface area (Å²) in [6.07, 6.45) is 3.38. The van der Waals surface area contributed by atoms with Crippen molar-refractivity contribution in [2.75, 3.05) is 19.3 Å². The summed E-state index contributed by atoms with van der Waals surface area (Å²) >= 11 is 0. The lowest BCUT2D eigenvalue weighted by Gasteiger charge is -2.24. The van der Waals surface area contributed by atoms with Crippen molar-refractivity contribution in [3.05, 3.63) is 29.8 Å². The summed E-state index contributed by atoms with van der Waals surface area (Å²) in [6, 6.07) is 7.64. The molecular formula is C16H27N3O. The van der Waals surface area contributed by atoms with Gasteiger partial charge in [0.1, 0.15) is 0 Å². The summed E-state index contributed by atoms with van der Waals surface area (Å²) in [5, 5.41) is 2.99. The zero-order chi connectivity index (χ0) is 15.0. The van der Waals surface area contributed by atoms with Crippen LogP contribution in [0.25, 0.3) is 0 Å². The normalized spacial score (nSPS) is 12.4. The lowest BCUT2D eigenvalue weighted by atomic mass is 10.1. The van der Waals surface area contributed by atoms with E-state index >= 15 is 0 Å². The van der Waals surface area contributed by atoms with Crippen molar-refractivity contribution in [3.8, 4) is 0 Å². The average Bonchev–Trinajstić information content (AvgIpc) is 2.45. The molecule has 1 amide bonds. The summed E-state index contributed by atoms with van der Waals surface area (Å²) in [4.78, 5) is 14.1. The van der Waals surface area contributed by atoms with Crippen molar-refractivity contribution in [2.24, 2.45) is 0 Å². The van der Waals surface area contributed by atoms with Gasteiger partial charge in [-0.3, -0.25) is 9.69 Å². The molecule has 0 aliphatic carbocycles. The third-order valence-corrected chi connectivity index (χ3v) is 3.53. The second-order valence-corrected chi connectivity index (χ2v) is 5.33. The highest BCUT2D eigenvalue weighted by atomic mass is 16.2. The number of nitrogens with two attached hydrogens (primary N) is 1. The lowest BCUT2D eigenvalue weighted by Crippen LogP contribution is -2.43. The van der Waals surface area contributed by atoms with E-state index in [1.165, 1.54) is 6.42 Å². The van der Waals surface area contributed by atoms with Gasteiger partial charge in [0.15, 0.2) is 0 Å². The van der Waals surface area contributed by atoms with E-state index in [0.29, 0.717) is 0 Å². The first-order valence-corrected chi connectivity index (χ1v) is 7.37. The maximum absolute atomic E-state index is 12.0. The molecule has 0 fully saturated rings. The average molecular weight is 277 g/mol. The van der Waals surface area contributed by atoms with E-state index in [0.717, 1.165) is 37.2 Å². The van der Waals surface area contributed by atoms with Crippen molar-refractivity contribution in [2.45, 2.75) is 45.7 Å². The first-order valence-electron chi connectivity index (χ1n) is 7.37. The van der Waals surface area contributed by atoms with Gasteiger partial charge < -0.3 is 11.1 Å². The second kappa shape index (κ2) is 8.59. The highest BCUT2D eigenvalue weighted by molar-refractivity contribution is 5.81. The number of nitrogens with one attached hydrogen (secondary N) is 1. The van der Waals surface area contributed by atoms with Gasteiger partial charge in [-0.15, -0.1) is 0 Å². The highest BCUT2D eigenvalue weighted by Crippen LogP contribution is 2.09. The van der Waals surface area contributed by atoms with E-state index < -0.39 is 0 Å². The number of rotatable bonds is 8. The molecule has 1 unspecified atom stereocenters. The van der Waals surface area contributed by atoms with E-state index in [1.807, 2.05) is 43.1 Å². The van der Waals surface area contributed by atoms with E-state index in [2.05, 4.69) is 12.2 Å². The molecular weight excluding hydrogens is 250 g/mol. The Morgan fingerprint density at radius 3 is 2.55 bits per heavy atom. The fraction of sp³-hybridized carbons (Fsp3) is 0.562. The minimum Gasteiger partial charge on any atom is -0.399 e. The van der Waals surface area contributed by atoms with Crippen LogP contribution in [0.1, 0.15) is 38.7 Å². The third kappa shape index (κ3) is 5.61. The molecule has 0 aliphatic heterocycles. The molecule has 3 N–H and O–H groups in total. The fourth-order valence-corrected chi connectivity index (χ4v) is 1.98. The number of benzene rings is 1. The van der Waals surface area contributed by atoms with Crippen LogP contribution < -0.4 is 11.1 Å². The SMILES string of the molecule is CCCCCNC(=O)C(C)N(C)Cc1ccc(N)cc1. The van der Waals surface area contributed by atoms with Gasteiger partial charge in [0.05, 0.1) is 6.04 Å². The molecule has 0 heterocycles. The number of carbonyl (C=O) groups excluding carboxylic acids is 1. The Morgan fingerprint density at radius 2 is 1.95 bits per heavy atom. The highest BCUT2D eigenvalue weighted by Gasteiger charge is 2.17. The van der Waals surface area contributed by atoms with Crippen LogP contribution in [0.5, 0.6) is 0 Å². The van der Waals surface area contributed by atoms with Crippen molar-refractivity contribution in [1.82, 2.24) is 10.2 Å². The van der Waals surface area contributed by atoms with Crippen LogP contribution in [0.15, 0.2) is 24.3 Å². The van der Waals surface area contributed by atoms with Crippen molar-refractivity contribution >= 4 is 11.6 Å². The van der Waals surface area contributed by atoms with Gasteiger partial charge in [0, 0.05) is 18.8 Å². The molecule has 0 aromatic heterocycles. The molecule has 1 rings (SSSR count). The van der Waals surface area contributed by atoms with Crippen molar-refractivity contribution in [1.29, 1.82) is 0 Å². The quantitative estimate of drug-likeness (QED) is 0.566. The Balaban J connectivity index is 2.39. The summed E-state index contributed by atoms with van der Waals surface area (Å²) < 4.78 is 0. The van der Waals surface area contributed by atoms with Crippen molar-refractivity contribution in [3.63, 3.8) is 0 Å². The molecule has 4 heteroatoms. The van der Waals surface area contributed by atoms with Gasteiger partial charge in [0.25, 0.3) is 0 Å². The second-order valence-electron chi connectivity index (χ2n) is 5.33. The van der Waals surface area contributed by atoms with Crippen LogP contribution in [-0.4, -0.2) is 30.4 Å². The minimum absolute atomic E-state index is 0.0963. The van der Waals surface area contributed by atoms with Gasteiger partial charge in [-0.25, -0.2) is 0 Å². The lowest BCUT2D eigenvalue weighted by molar-refractivity contribution is -0.125. The monoisotopic (exact) mass is 277 g/mol. The molecule has 0 aliphatic rings. The summed E-state index contributed by atoms with van der Waals surface area (Å²) in [5.74, 6) is 0.0963. The molecule has 0 bridgehead atoms. The van der Waals surface area contributed by atoms with Crippen LogP contribution in [0.3, 0.4) is 0 Å². The van der Waals surface area contributed by atoms with Gasteiger partial charge in [-0.2, -0.15) is 0 Å². The molecule has 0 saturated carbocycles. The molecule has 1 atom stereocenters. The molecule has 4 nitrogen and oxygen atoms in total. The topological polar surface area (TPSA) is 58.4 Å². The number of hydrogen-bond donors (Lipinski definition) is 2. The standard InChI is InChI=1S/C16H27N3O/c1-4-5-6-11-18-16(20)13(2)19(3)12-14-7-9-15(17)10-8-14/h7-10,13H,4-6,11-12,17H2,1-3H3,(H,18,20). The molecule has 0 spiro atoms. The molecule has 112 valence electrons.